The lowest BCUT2D eigenvalue weighted by molar-refractivity contribution is 0.501. The maximum atomic E-state index is 4.59. The van der Waals surface area contributed by atoms with Gasteiger partial charge in [-0.25, -0.2) is 4.98 Å². The average Bonchev–Trinajstić information content (AvgIpc) is 2.84. The van der Waals surface area contributed by atoms with Gasteiger partial charge in [0.2, 0.25) is 0 Å². The van der Waals surface area contributed by atoms with Crippen molar-refractivity contribution in [3.8, 4) is 0 Å². The standard InChI is InChI=1S/C17H24N2S/c1-4-9-18-16(11-17-12-20-14(3)19-17)10-15-7-5-13(2)6-8-15/h5-8,12,16,18H,4,9-11H2,1-3H3. The molecule has 1 heterocycles. The predicted molar refractivity (Wildman–Crippen MR) is 87.5 cm³/mol. The van der Waals surface area contributed by atoms with E-state index in [0.717, 1.165) is 24.4 Å². The Bertz CT molecular complexity index is 516. The summed E-state index contributed by atoms with van der Waals surface area (Å²) in [5.74, 6) is 0. The van der Waals surface area contributed by atoms with Crippen LogP contribution in [0.25, 0.3) is 0 Å². The fourth-order valence-corrected chi connectivity index (χ4v) is 2.95. The molecule has 0 saturated heterocycles. The van der Waals surface area contributed by atoms with Gasteiger partial charge in [-0.15, -0.1) is 11.3 Å². The van der Waals surface area contributed by atoms with E-state index in [4.69, 9.17) is 0 Å². The largest absolute Gasteiger partial charge is 0.313 e. The fourth-order valence-electron chi connectivity index (χ4n) is 2.33. The summed E-state index contributed by atoms with van der Waals surface area (Å²) in [6, 6.07) is 9.34. The lowest BCUT2D eigenvalue weighted by atomic mass is 10.0. The van der Waals surface area contributed by atoms with Crippen LogP contribution in [-0.2, 0) is 12.8 Å². The van der Waals surface area contributed by atoms with Crippen LogP contribution in [0.3, 0.4) is 0 Å². The van der Waals surface area contributed by atoms with E-state index in [2.05, 4.69) is 60.7 Å². The van der Waals surface area contributed by atoms with E-state index in [1.54, 1.807) is 11.3 Å². The predicted octanol–water partition coefficient (Wildman–Crippen LogP) is 3.91. The van der Waals surface area contributed by atoms with Gasteiger partial charge in [-0.2, -0.15) is 0 Å². The number of aryl methyl sites for hydroxylation is 2. The van der Waals surface area contributed by atoms with Crippen molar-refractivity contribution < 1.29 is 0 Å². The molecular weight excluding hydrogens is 264 g/mol. The van der Waals surface area contributed by atoms with Crippen LogP contribution in [0.1, 0.15) is 35.2 Å². The number of nitrogens with one attached hydrogen (secondary N) is 1. The molecule has 0 bridgehead atoms. The van der Waals surface area contributed by atoms with Crippen molar-refractivity contribution in [1.82, 2.24) is 10.3 Å². The molecule has 0 saturated carbocycles. The number of rotatable bonds is 7. The van der Waals surface area contributed by atoms with E-state index in [1.165, 1.54) is 23.2 Å². The first-order chi connectivity index (χ1) is 9.67. The number of thiazole rings is 1. The van der Waals surface area contributed by atoms with E-state index in [1.807, 2.05) is 0 Å². The van der Waals surface area contributed by atoms with Crippen molar-refractivity contribution in [1.29, 1.82) is 0 Å². The van der Waals surface area contributed by atoms with Gasteiger partial charge in [0.05, 0.1) is 10.7 Å². The summed E-state index contributed by atoms with van der Waals surface area (Å²) < 4.78 is 0. The first-order valence-corrected chi connectivity index (χ1v) is 8.25. The molecule has 2 aromatic rings. The molecule has 0 amide bonds. The maximum absolute atomic E-state index is 4.59. The van der Waals surface area contributed by atoms with E-state index in [0.29, 0.717) is 6.04 Å². The second-order valence-corrected chi connectivity index (χ2v) is 6.46. The average molecular weight is 288 g/mol. The highest BCUT2D eigenvalue weighted by Crippen LogP contribution is 2.13. The third-order valence-corrected chi connectivity index (χ3v) is 4.23. The minimum Gasteiger partial charge on any atom is -0.313 e. The second kappa shape index (κ2) is 7.55. The molecule has 20 heavy (non-hydrogen) atoms. The van der Waals surface area contributed by atoms with E-state index >= 15 is 0 Å². The van der Waals surface area contributed by atoms with Gasteiger partial charge >= 0.3 is 0 Å². The molecule has 1 aromatic carbocycles. The molecular formula is C17H24N2S. The normalized spacial score (nSPS) is 12.6. The summed E-state index contributed by atoms with van der Waals surface area (Å²) in [4.78, 5) is 4.59. The highest BCUT2D eigenvalue weighted by molar-refractivity contribution is 7.09. The van der Waals surface area contributed by atoms with Crippen LogP contribution in [0.5, 0.6) is 0 Å². The first-order valence-electron chi connectivity index (χ1n) is 7.37. The topological polar surface area (TPSA) is 24.9 Å². The minimum absolute atomic E-state index is 0.471. The highest BCUT2D eigenvalue weighted by atomic mass is 32.1. The number of hydrogen-bond donors (Lipinski definition) is 1. The zero-order valence-electron chi connectivity index (χ0n) is 12.6. The SMILES string of the molecule is CCCNC(Cc1ccc(C)cc1)Cc1csc(C)n1. The van der Waals surface area contributed by atoms with Gasteiger partial charge in [-0.05, 0) is 38.8 Å². The first kappa shape index (κ1) is 15.2. The summed E-state index contributed by atoms with van der Waals surface area (Å²) in [5, 5.41) is 7.00. The molecule has 1 atom stereocenters. The van der Waals surface area contributed by atoms with E-state index in [9.17, 15) is 0 Å². The second-order valence-electron chi connectivity index (χ2n) is 5.40. The van der Waals surface area contributed by atoms with Crippen molar-refractivity contribution in [2.45, 2.75) is 46.1 Å². The summed E-state index contributed by atoms with van der Waals surface area (Å²) >= 11 is 1.74. The Morgan fingerprint density at radius 3 is 2.50 bits per heavy atom. The number of aromatic nitrogens is 1. The molecule has 2 nitrogen and oxygen atoms in total. The summed E-state index contributed by atoms with van der Waals surface area (Å²) in [5.41, 5.74) is 3.94. The molecule has 0 aliphatic heterocycles. The Balaban J connectivity index is 2.00. The van der Waals surface area contributed by atoms with Gasteiger partial charge in [0.15, 0.2) is 0 Å². The van der Waals surface area contributed by atoms with Crippen molar-refractivity contribution >= 4 is 11.3 Å². The van der Waals surface area contributed by atoms with E-state index in [-0.39, 0.29) is 0 Å². The molecule has 0 aliphatic carbocycles. The van der Waals surface area contributed by atoms with Crippen molar-refractivity contribution in [3.63, 3.8) is 0 Å². The Morgan fingerprint density at radius 1 is 1.15 bits per heavy atom. The van der Waals surface area contributed by atoms with Gasteiger partial charge in [-0.1, -0.05) is 36.8 Å². The third-order valence-electron chi connectivity index (χ3n) is 3.41. The van der Waals surface area contributed by atoms with Gasteiger partial charge in [0.1, 0.15) is 0 Å². The highest BCUT2D eigenvalue weighted by Gasteiger charge is 2.11. The van der Waals surface area contributed by atoms with Crippen molar-refractivity contribution in [2.24, 2.45) is 0 Å². The Morgan fingerprint density at radius 2 is 1.90 bits per heavy atom. The Hall–Kier alpha value is -1.19. The molecule has 108 valence electrons. The quantitative estimate of drug-likeness (QED) is 0.835. The smallest absolute Gasteiger partial charge is 0.0897 e. The molecule has 1 N–H and O–H groups in total. The zero-order valence-corrected chi connectivity index (χ0v) is 13.5. The summed E-state index contributed by atoms with van der Waals surface area (Å²) in [6.07, 6.45) is 3.25. The molecule has 1 aromatic heterocycles. The molecule has 3 heteroatoms. The van der Waals surface area contributed by atoms with Crippen molar-refractivity contribution in [2.75, 3.05) is 6.54 Å². The fraction of sp³-hybridized carbons (Fsp3) is 0.471. The van der Waals surface area contributed by atoms with E-state index < -0.39 is 0 Å². The summed E-state index contributed by atoms with van der Waals surface area (Å²) in [7, 11) is 0. The molecule has 2 rings (SSSR count). The van der Waals surface area contributed by atoms with Crippen molar-refractivity contribution in [3.05, 3.63) is 51.5 Å². The van der Waals surface area contributed by atoms with Crippen LogP contribution < -0.4 is 5.32 Å². The lowest BCUT2D eigenvalue weighted by Gasteiger charge is -2.18. The number of nitrogens with zero attached hydrogens (tertiary/aromatic N) is 1. The van der Waals surface area contributed by atoms with Crippen LogP contribution in [0.15, 0.2) is 29.6 Å². The van der Waals surface area contributed by atoms with Gasteiger partial charge in [0, 0.05) is 17.8 Å². The van der Waals surface area contributed by atoms with Gasteiger partial charge in [-0.3, -0.25) is 0 Å². The van der Waals surface area contributed by atoms with Gasteiger partial charge < -0.3 is 5.32 Å². The zero-order chi connectivity index (χ0) is 14.4. The molecule has 0 spiro atoms. The monoisotopic (exact) mass is 288 g/mol. The number of hydrogen-bond acceptors (Lipinski definition) is 3. The van der Waals surface area contributed by atoms with Crippen LogP contribution in [-0.4, -0.2) is 17.6 Å². The molecule has 1 unspecified atom stereocenters. The van der Waals surface area contributed by atoms with Gasteiger partial charge in [0.25, 0.3) is 0 Å². The third kappa shape index (κ3) is 4.73. The maximum Gasteiger partial charge on any atom is 0.0897 e. The van der Waals surface area contributed by atoms with Crippen LogP contribution in [0.2, 0.25) is 0 Å². The lowest BCUT2D eigenvalue weighted by Crippen LogP contribution is -2.34. The minimum atomic E-state index is 0.471. The van der Waals surface area contributed by atoms with Crippen LogP contribution in [0, 0.1) is 13.8 Å². The molecule has 0 radical (unpaired) electrons. The number of benzene rings is 1. The Kier molecular flexibility index (Phi) is 5.74. The van der Waals surface area contributed by atoms with Crippen LogP contribution in [0.4, 0.5) is 0 Å². The molecule has 0 aliphatic rings. The summed E-state index contributed by atoms with van der Waals surface area (Å²) in [6.45, 7) is 7.49. The molecule has 0 fully saturated rings. The Labute approximate surface area is 126 Å². The van der Waals surface area contributed by atoms with Crippen LogP contribution >= 0.6 is 11.3 Å².